The van der Waals surface area contributed by atoms with Crippen molar-refractivity contribution in [3.05, 3.63) is 56.7 Å². The van der Waals surface area contributed by atoms with E-state index < -0.39 is 6.04 Å². The van der Waals surface area contributed by atoms with Crippen LogP contribution in [0.1, 0.15) is 51.6 Å². The Kier molecular flexibility index (Phi) is 5.77. The predicted molar refractivity (Wildman–Crippen MR) is 129 cm³/mol. The number of hydrogen-bond acceptors (Lipinski definition) is 6. The number of carbonyl (C=O) groups is 1. The Balaban J connectivity index is 1.71. The maximum atomic E-state index is 13.6. The van der Waals surface area contributed by atoms with Gasteiger partial charge in [-0.3, -0.25) is 9.89 Å². The van der Waals surface area contributed by atoms with Crippen LogP contribution in [0.15, 0.2) is 28.7 Å². The van der Waals surface area contributed by atoms with Crippen LogP contribution in [0, 0.1) is 13.8 Å². The van der Waals surface area contributed by atoms with Gasteiger partial charge in [0.05, 0.1) is 23.7 Å². The smallest absolute Gasteiger partial charge is 0.273 e. The van der Waals surface area contributed by atoms with E-state index in [1.165, 1.54) is 7.11 Å². The summed E-state index contributed by atoms with van der Waals surface area (Å²) in [5.41, 5.74) is 4.74. The first kappa shape index (κ1) is 22.7. The minimum atomic E-state index is -0.508. The third-order valence-corrected chi connectivity index (χ3v) is 7.17. The number of ether oxygens (including phenoxy) is 2. The summed E-state index contributed by atoms with van der Waals surface area (Å²) in [6, 6.07) is 6.68. The Morgan fingerprint density at radius 3 is 2.74 bits per heavy atom. The van der Waals surface area contributed by atoms with Gasteiger partial charge in [0, 0.05) is 24.3 Å². The summed E-state index contributed by atoms with van der Waals surface area (Å²) in [6.45, 7) is 4.94. The lowest BCUT2D eigenvalue weighted by Crippen LogP contribution is -2.36. The average Bonchev–Trinajstić information content (AvgIpc) is 3.50. The zero-order valence-corrected chi connectivity index (χ0v) is 20.8. The van der Waals surface area contributed by atoms with Gasteiger partial charge in [-0.05, 0) is 77.5 Å². The van der Waals surface area contributed by atoms with Crippen molar-refractivity contribution < 1.29 is 24.5 Å². The number of nitrogens with one attached hydrogen (secondary N) is 1. The summed E-state index contributed by atoms with van der Waals surface area (Å²) in [6.07, 6.45) is 1.80. The third-order valence-electron chi connectivity index (χ3n) is 6.57. The highest BCUT2D eigenvalue weighted by atomic mass is 79.9. The number of amides is 1. The number of hydrogen-bond donors (Lipinski definition) is 3. The predicted octanol–water partition coefficient (Wildman–Crippen LogP) is 4.60. The van der Waals surface area contributed by atoms with Gasteiger partial charge in [-0.1, -0.05) is 6.07 Å². The Bertz CT molecular complexity index is 1260. The number of carbonyl (C=O) groups excluding carboxylic acids is 1. The molecule has 8 nitrogen and oxygen atoms in total. The molecule has 1 amide bonds. The SMILES string of the molecule is COc1cc(C2c3c(-c4c(C)cc(C)cc4O)n[nH]c3C(=O)N2CC2CCCO2)cc(Br)c1O. The van der Waals surface area contributed by atoms with Crippen LogP contribution in [-0.2, 0) is 4.74 Å². The molecular formula is C25H26BrN3O5. The van der Waals surface area contributed by atoms with Crippen LogP contribution in [0.5, 0.6) is 17.2 Å². The van der Waals surface area contributed by atoms with E-state index in [9.17, 15) is 15.0 Å². The number of fused-ring (bicyclic) bond motifs is 1. The quantitative estimate of drug-likeness (QED) is 0.447. The molecule has 1 saturated heterocycles. The summed E-state index contributed by atoms with van der Waals surface area (Å²) >= 11 is 3.41. The summed E-state index contributed by atoms with van der Waals surface area (Å²) in [5.74, 6) is 0.212. The molecule has 0 aliphatic carbocycles. The van der Waals surface area contributed by atoms with Gasteiger partial charge in [0.1, 0.15) is 17.1 Å². The number of halogens is 1. The van der Waals surface area contributed by atoms with Crippen molar-refractivity contribution in [2.24, 2.45) is 0 Å². The Morgan fingerprint density at radius 2 is 2.06 bits per heavy atom. The summed E-state index contributed by atoms with van der Waals surface area (Å²) < 4.78 is 11.7. The van der Waals surface area contributed by atoms with E-state index in [0.29, 0.717) is 45.9 Å². The summed E-state index contributed by atoms with van der Waals surface area (Å²) in [4.78, 5) is 15.4. The maximum Gasteiger partial charge on any atom is 0.273 e. The van der Waals surface area contributed by atoms with Crippen LogP contribution in [0.3, 0.4) is 0 Å². The highest BCUT2D eigenvalue weighted by Gasteiger charge is 2.44. The van der Waals surface area contributed by atoms with E-state index >= 15 is 0 Å². The monoisotopic (exact) mass is 527 g/mol. The van der Waals surface area contributed by atoms with Crippen molar-refractivity contribution in [1.29, 1.82) is 0 Å². The molecule has 9 heteroatoms. The molecule has 0 bridgehead atoms. The number of phenols is 2. The molecule has 2 aromatic carbocycles. The Labute approximate surface area is 205 Å². The van der Waals surface area contributed by atoms with Crippen molar-refractivity contribution in [2.45, 2.75) is 38.8 Å². The lowest BCUT2D eigenvalue weighted by Gasteiger charge is -2.29. The van der Waals surface area contributed by atoms with Crippen molar-refractivity contribution >= 4 is 21.8 Å². The largest absolute Gasteiger partial charge is 0.507 e. The standard InChI is InChI=1S/C25H26BrN3O5/c1-12-7-13(2)19(17(30)8-12)21-20-22(28-27-21)25(32)29(11-15-5-4-6-34-15)23(20)14-9-16(26)24(31)18(10-14)33-3/h7-10,15,23,30-31H,4-6,11H2,1-3H3,(H,27,28). The number of rotatable bonds is 5. The van der Waals surface area contributed by atoms with E-state index in [-0.39, 0.29) is 23.5 Å². The molecule has 0 saturated carbocycles. The molecule has 2 aliphatic rings. The molecule has 34 heavy (non-hydrogen) atoms. The van der Waals surface area contributed by atoms with E-state index in [1.54, 1.807) is 23.1 Å². The van der Waals surface area contributed by atoms with E-state index in [4.69, 9.17) is 9.47 Å². The van der Waals surface area contributed by atoms with Crippen molar-refractivity contribution in [3.8, 4) is 28.5 Å². The van der Waals surface area contributed by atoms with Gasteiger partial charge in [-0.25, -0.2) is 0 Å². The van der Waals surface area contributed by atoms with Gasteiger partial charge in [0.2, 0.25) is 0 Å². The zero-order chi connectivity index (χ0) is 24.1. The highest BCUT2D eigenvalue weighted by Crippen LogP contribution is 2.48. The molecular weight excluding hydrogens is 502 g/mol. The molecule has 1 fully saturated rings. The molecule has 3 N–H and O–H groups in total. The fourth-order valence-electron chi connectivity index (χ4n) is 5.09. The van der Waals surface area contributed by atoms with Crippen LogP contribution >= 0.6 is 15.9 Å². The minimum absolute atomic E-state index is 0.0130. The van der Waals surface area contributed by atoms with Crippen LogP contribution in [0.2, 0.25) is 0 Å². The first-order valence-electron chi connectivity index (χ1n) is 11.2. The zero-order valence-electron chi connectivity index (χ0n) is 19.2. The lowest BCUT2D eigenvalue weighted by molar-refractivity contribution is 0.0495. The van der Waals surface area contributed by atoms with Gasteiger partial charge in [-0.15, -0.1) is 0 Å². The van der Waals surface area contributed by atoms with Gasteiger partial charge in [0.15, 0.2) is 11.5 Å². The molecule has 2 aliphatic heterocycles. The van der Waals surface area contributed by atoms with E-state index in [1.807, 2.05) is 19.9 Å². The Morgan fingerprint density at radius 1 is 1.26 bits per heavy atom. The number of H-pyrrole nitrogens is 1. The van der Waals surface area contributed by atoms with E-state index in [2.05, 4.69) is 26.1 Å². The second kappa shape index (κ2) is 8.63. The van der Waals surface area contributed by atoms with Crippen molar-refractivity contribution in [2.75, 3.05) is 20.3 Å². The Hall–Kier alpha value is -3.04. The van der Waals surface area contributed by atoms with Gasteiger partial charge >= 0.3 is 0 Å². The topological polar surface area (TPSA) is 108 Å². The van der Waals surface area contributed by atoms with Crippen molar-refractivity contribution in [3.63, 3.8) is 0 Å². The molecule has 2 unspecified atom stereocenters. The maximum absolute atomic E-state index is 13.6. The molecule has 3 aromatic rings. The van der Waals surface area contributed by atoms with Crippen LogP contribution < -0.4 is 4.74 Å². The normalized spacial score (nSPS) is 19.6. The van der Waals surface area contributed by atoms with Gasteiger partial charge in [-0.2, -0.15) is 5.10 Å². The fraction of sp³-hybridized carbons (Fsp3) is 0.360. The van der Waals surface area contributed by atoms with Crippen LogP contribution in [0.25, 0.3) is 11.3 Å². The number of aryl methyl sites for hydroxylation is 2. The van der Waals surface area contributed by atoms with Crippen LogP contribution in [-0.4, -0.2) is 57.6 Å². The minimum Gasteiger partial charge on any atom is -0.507 e. The number of aromatic nitrogens is 2. The number of phenolic OH excluding ortho intramolecular Hbond substituents is 2. The molecule has 0 spiro atoms. The number of aromatic hydroxyl groups is 2. The fourth-order valence-corrected chi connectivity index (χ4v) is 5.55. The molecule has 3 heterocycles. The van der Waals surface area contributed by atoms with Gasteiger partial charge < -0.3 is 24.6 Å². The number of benzene rings is 2. The second-order valence-corrected chi connectivity index (χ2v) is 9.74. The molecule has 178 valence electrons. The molecule has 5 rings (SSSR count). The third kappa shape index (κ3) is 3.63. The first-order valence-corrected chi connectivity index (χ1v) is 12.0. The molecule has 1 aromatic heterocycles. The first-order chi connectivity index (χ1) is 16.3. The number of aromatic amines is 1. The lowest BCUT2D eigenvalue weighted by atomic mass is 9.93. The van der Waals surface area contributed by atoms with Crippen molar-refractivity contribution in [1.82, 2.24) is 15.1 Å². The summed E-state index contributed by atoms with van der Waals surface area (Å²) in [7, 11) is 1.48. The number of nitrogens with zero attached hydrogens (tertiary/aromatic N) is 2. The van der Waals surface area contributed by atoms with Gasteiger partial charge in [0.25, 0.3) is 5.91 Å². The van der Waals surface area contributed by atoms with Crippen LogP contribution in [0.4, 0.5) is 0 Å². The molecule has 0 radical (unpaired) electrons. The number of methoxy groups -OCH3 is 1. The summed E-state index contributed by atoms with van der Waals surface area (Å²) in [5, 5.41) is 28.6. The van der Waals surface area contributed by atoms with E-state index in [0.717, 1.165) is 29.5 Å². The average molecular weight is 528 g/mol. The second-order valence-electron chi connectivity index (χ2n) is 8.89. The molecule has 2 atom stereocenters. The highest BCUT2D eigenvalue weighted by molar-refractivity contribution is 9.10.